The molecule has 2 saturated heterocycles. The first-order chi connectivity index (χ1) is 9.48. The topological polar surface area (TPSA) is 82.1 Å². The van der Waals surface area contributed by atoms with Crippen LogP contribution in [0.25, 0.3) is 0 Å². The number of nitrogens with one attached hydrogen (secondary N) is 1. The Morgan fingerprint density at radius 1 is 1.30 bits per heavy atom. The molecule has 2 rings (SSSR count). The zero-order chi connectivity index (χ0) is 14.6. The number of carbonyl (C=O) groups is 2. The Labute approximate surface area is 118 Å². The quantitative estimate of drug-likeness (QED) is 0.758. The van der Waals surface area contributed by atoms with Gasteiger partial charge in [0.15, 0.2) is 0 Å². The fraction of sp³-hybridized carbons (Fsp3) is 0.846. The third-order valence-electron chi connectivity index (χ3n) is 3.93. The summed E-state index contributed by atoms with van der Waals surface area (Å²) in [5.41, 5.74) is -0.235. The van der Waals surface area contributed by atoms with Crippen LogP contribution in [0.2, 0.25) is 0 Å². The number of carboxylic acids is 1. The average Bonchev–Trinajstić information content (AvgIpc) is 2.84. The number of amides is 2. The number of carbonyl (C=O) groups excluding carboxylic acids is 1. The first-order valence-electron chi connectivity index (χ1n) is 7.09. The van der Waals surface area contributed by atoms with Crippen molar-refractivity contribution in [3.05, 3.63) is 0 Å². The van der Waals surface area contributed by atoms with Gasteiger partial charge in [0.2, 0.25) is 0 Å². The van der Waals surface area contributed by atoms with E-state index in [-0.39, 0.29) is 18.2 Å². The Hall–Kier alpha value is -1.34. The lowest BCUT2D eigenvalue weighted by atomic mass is 10.0. The molecule has 7 nitrogen and oxygen atoms in total. The van der Waals surface area contributed by atoms with Gasteiger partial charge in [-0.2, -0.15) is 0 Å². The van der Waals surface area contributed by atoms with E-state index in [2.05, 4.69) is 5.32 Å². The normalized spacial score (nSPS) is 27.6. The van der Waals surface area contributed by atoms with Crippen LogP contribution < -0.4 is 5.32 Å². The molecular formula is C13H23N3O4. The number of nitrogens with zero attached hydrogens (tertiary/aromatic N) is 2. The Balaban J connectivity index is 1.70. The van der Waals surface area contributed by atoms with Crippen LogP contribution in [-0.2, 0) is 9.53 Å². The molecule has 0 aromatic rings. The summed E-state index contributed by atoms with van der Waals surface area (Å²) in [6, 6.07) is -0.0864. The van der Waals surface area contributed by atoms with Crippen LogP contribution in [0.3, 0.4) is 0 Å². The van der Waals surface area contributed by atoms with Crippen molar-refractivity contribution < 1.29 is 19.4 Å². The van der Waals surface area contributed by atoms with Crippen LogP contribution in [0.1, 0.15) is 19.8 Å². The van der Waals surface area contributed by atoms with Gasteiger partial charge in [-0.3, -0.25) is 9.69 Å². The standard InChI is InChI=1S/C13H23N3O4/c1-13(3-2-8-20-13)10-14-12(19)16-6-4-15(5-7-16)9-11(17)18/h2-10H2,1H3,(H,14,19)(H,17,18). The second-order valence-corrected chi connectivity index (χ2v) is 5.72. The second-order valence-electron chi connectivity index (χ2n) is 5.72. The molecule has 1 unspecified atom stereocenters. The summed E-state index contributed by atoms with van der Waals surface area (Å²) in [5, 5.41) is 11.6. The molecule has 114 valence electrons. The first kappa shape index (κ1) is 15.1. The van der Waals surface area contributed by atoms with Crippen molar-refractivity contribution in [2.75, 3.05) is 45.9 Å². The number of aliphatic carboxylic acids is 1. The molecule has 1 atom stereocenters. The number of ether oxygens (including phenoxy) is 1. The summed E-state index contributed by atoms with van der Waals surface area (Å²) in [7, 11) is 0. The van der Waals surface area contributed by atoms with Gasteiger partial charge < -0.3 is 20.1 Å². The fourth-order valence-corrected chi connectivity index (χ4v) is 2.65. The molecule has 2 fully saturated rings. The molecule has 2 aliphatic heterocycles. The van der Waals surface area contributed by atoms with Crippen molar-refractivity contribution >= 4 is 12.0 Å². The Morgan fingerprint density at radius 3 is 2.55 bits per heavy atom. The van der Waals surface area contributed by atoms with Crippen LogP contribution in [-0.4, -0.2) is 78.4 Å². The molecule has 0 bridgehead atoms. The summed E-state index contributed by atoms with van der Waals surface area (Å²) in [6.07, 6.45) is 2.01. The highest BCUT2D eigenvalue weighted by molar-refractivity contribution is 5.74. The van der Waals surface area contributed by atoms with Crippen molar-refractivity contribution in [2.45, 2.75) is 25.4 Å². The highest BCUT2D eigenvalue weighted by Gasteiger charge is 2.31. The van der Waals surface area contributed by atoms with Crippen LogP contribution in [0.15, 0.2) is 0 Å². The maximum atomic E-state index is 12.1. The van der Waals surface area contributed by atoms with Crippen molar-refractivity contribution in [1.82, 2.24) is 15.1 Å². The first-order valence-corrected chi connectivity index (χ1v) is 7.09. The molecule has 20 heavy (non-hydrogen) atoms. The molecule has 0 aromatic heterocycles. The number of hydrogen-bond acceptors (Lipinski definition) is 4. The molecule has 0 radical (unpaired) electrons. The third kappa shape index (κ3) is 4.08. The summed E-state index contributed by atoms with van der Waals surface area (Å²) < 4.78 is 5.63. The SMILES string of the molecule is CC1(CNC(=O)N2CCN(CC(=O)O)CC2)CCCO1. The summed E-state index contributed by atoms with van der Waals surface area (Å²) in [4.78, 5) is 26.2. The van der Waals surface area contributed by atoms with Gasteiger partial charge in [0.25, 0.3) is 0 Å². The Morgan fingerprint density at radius 2 is 2.00 bits per heavy atom. The van der Waals surface area contributed by atoms with Crippen molar-refractivity contribution in [3.63, 3.8) is 0 Å². The molecule has 7 heteroatoms. The lowest BCUT2D eigenvalue weighted by Crippen LogP contribution is -2.54. The van der Waals surface area contributed by atoms with Gasteiger partial charge in [-0.05, 0) is 19.8 Å². The van der Waals surface area contributed by atoms with E-state index in [0.717, 1.165) is 19.4 Å². The van der Waals surface area contributed by atoms with E-state index in [1.54, 1.807) is 4.90 Å². The molecule has 0 saturated carbocycles. The van der Waals surface area contributed by atoms with E-state index >= 15 is 0 Å². The van der Waals surface area contributed by atoms with Crippen molar-refractivity contribution in [2.24, 2.45) is 0 Å². The van der Waals surface area contributed by atoms with Gasteiger partial charge in [0.1, 0.15) is 0 Å². The van der Waals surface area contributed by atoms with E-state index in [0.29, 0.717) is 32.7 Å². The van der Waals surface area contributed by atoms with Crippen molar-refractivity contribution in [1.29, 1.82) is 0 Å². The highest BCUT2D eigenvalue weighted by atomic mass is 16.5. The minimum absolute atomic E-state index is 0.0430. The van der Waals surface area contributed by atoms with Gasteiger partial charge in [0.05, 0.1) is 12.1 Å². The van der Waals surface area contributed by atoms with E-state index in [4.69, 9.17) is 9.84 Å². The largest absolute Gasteiger partial charge is 0.480 e. The third-order valence-corrected chi connectivity index (χ3v) is 3.93. The molecule has 0 aliphatic carbocycles. The van der Waals surface area contributed by atoms with Gasteiger partial charge in [0, 0.05) is 39.3 Å². The maximum Gasteiger partial charge on any atom is 0.317 e. The van der Waals surface area contributed by atoms with Gasteiger partial charge in [-0.1, -0.05) is 0 Å². The van der Waals surface area contributed by atoms with Crippen LogP contribution >= 0.6 is 0 Å². The monoisotopic (exact) mass is 285 g/mol. The number of urea groups is 1. The van der Waals surface area contributed by atoms with Gasteiger partial charge >= 0.3 is 12.0 Å². The smallest absolute Gasteiger partial charge is 0.317 e. The lowest BCUT2D eigenvalue weighted by Gasteiger charge is -2.34. The summed E-state index contributed by atoms with van der Waals surface area (Å²) >= 11 is 0. The molecule has 0 spiro atoms. The molecule has 0 aromatic carbocycles. The highest BCUT2D eigenvalue weighted by Crippen LogP contribution is 2.23. The average molecular weight is 285 g/mol. The van der Waals surface area contributed by atoms with Crippen LogP contribution in [0, 0.1) is 0 Å². The van der Waals surface area contributed by atoms with E-state index in [9.17, 15) is 9.59 Å². The number of carboxylic acid groups (broad SMARTS) is 1. The Kier molecular flexibility index (Phi) is 4.82. The lowest BCUT2D eigenvalue weighted by molar-refractivity contribution is -0.138. The van der Waals surface area contributed by atoms with E-state index in [1.807, 2.05) is 11.8 Å². The van der Waals surface area contributed by atoms with E-state index < -0.39 is 5.97 Å². The van der Waals surface area contributed by atoms with Crippen molar-refractivity contribution in [3.8, 4) is 0 Å². The fourth-order valence-electron chi connectivity index (χ4n) is 2.65. The van der Waals surface area contributed by atoms with Crippen LogP contribution in [0.4, 0.5) is 4.79 Å². The van der Waals surface area contributed by atoms with Gasteiger partial charge in [-0.15, -0.1) is 0 Å². The zero-order valence-electron chi connectivity index (χ0n) is 11.9. The maximum absolute atomic E-state index is 12.1. The zero-order valence-corrected chi connectivity index (χ0v) is 11.9. The van der Waals surface area contributed by atoms with E-state index in [1.165, 1.54) is 0 Å². The molecule has 2 heterocycles. The predicted molar refractivity (Wildman–Crippen MR) is 72.6 cm³/mol. The summed E-state index contributed by atoms with van der Waals surface area (Å²) in [5.74, 6) is -0.825. The second kappa shape index (κ2) is 6.41. The predicted octanol–water partition coefficient (Wildman–Crippen LogP) is -0.0327. The molecule has 2 N–H and O–H groups in total. The molecule has 2 amide bonds. The number of rotatable bonds is 4. The minimum Gasteiger partial charge on any atom is -0.480 e. The number of hydrogen-bond donors (Lipinski definition) is 2. The van der Waals surface area contributed by atoms with Gasteiger partial charge in [-0.25, -0.2) is 4.79 Å². The minimum atomic E-state index is -0.825. The van der Waals surface area contributed by atoms with Crippen LogP contribution in [0.5, 0.6) is 0 Å². The number of piperazine rings is 1. The Bertz CT molecular complexity index is 361. The summed E-state index contributed by atoms with van der Waals surface area (Å²) in [6.45, 7) is 5.70. The molecular weight excluding hydrogens is 262 g/mol. The molecule has 2 aliphatic rings.